The first kappa shape index (κ1) is 26.8. The molecular weight excluding hydrogens is 465 g/mol. The van der Waals surface area contributed by atoms with E-state index in [1.54, 1.807) is 55.4 Å². The molecule has 0 unspecified atom stereocenters. The van der Waals surface area contributed by atoms with Crippen molar-refractivity contribution in [3.8, 4) is 17.0 Å². The van der Waals surface area contributed by atoms with E-state index in [0.29, 0.717) is 23.6 Å². The summed E-state index contributed by atoms with van der Waals surface area (Å²) in [5.41, 5.74) is 0.739. The monoisotopic (exact) mass is 494 g/mol. The molecule has 188 valence electrons. The van der Waals surface area contributed by atoms with Gasteiger partial charge in [0.05, 0.1) is 18.3 Å². The molecule has 2 aromatic carbocycles. The number of anilines is 1. The molecule has 0 aliphatic heterocycles. The second-order valence-corrected chi connectivity index (χ2v) is 8.67. The number of rotatable bonds is 9. The summed E-state index contributed by atoms with van der Waals surface area (Å²) >= 11 is 0. The second kappa shape index (κ2) is 10.8. The lowest BCUT2D eigenvalue weighted by atomic mass is 9.95. The van der Waals surface area contributed by atoms with Gasteiger partial charge in [-0.05, 0) is 61.7 Å². The Morgan fingerprint density at radius 3 is 2.31 bits per heavy atom. The smallest absolute Gasteiger partial charge is 0.417 e. The molecule has 0 saturated heterocycles. The van der Waals surface area contributed by atoms with E-state index in [1.807, 2.05) is 18.2 Å². The lowest BCUT2D eigenvalue weighted by Gasteiger charge is -2.29. The zero-order valence-corrected chi connectivity index (χ0v) is 20.5. The summed E-state index contributed by atoms with van der Waals surface area (Å²) in [5, 5.41) is 10.7. The van der Waals surface area contributed by atoms with Gasteiger partial charge in [0.25, 0.3) is 0 Å². The molecule has 0 radical (unpaired) electrons. The number of nitrogens with zero attached hydrogens (tertiary/aromatic N) is 2. The van der Waals surface area contributed by atoms with Crippen LogP contribution >= 0.6 is 0 Å². The number of ether oxygens (including phenoxy) is 1. The van der Waals surface area contributed by atoms with Gasteiger partial charge in [-0.15, -0.1) is 6.58 Å². The van der Waals surface area contributed by atoms with Crippen molar-refractivity contribution in [1.29, 1.82) is 0 Å². The van der Waals surface area contributed by atoms with Crippen LogP contribution in [0.5, 0.6) is 5.88 Å². The highest BCUT2D eigenvalue weighted by atomic mass is 19.4. The number of hydrogen-bond acceptors (Lipinski definition) is 4. The number of aromatic nitrogens is 1. The van der Waals surface area contributed by atoms with Crippen molar-refractivity contribution in [3.05, 3.63) is 109 Å². The van der Waals surface area contributed by atoms with Crippen LogP contribution in [0, 0.1) is 0 Å². The minimum absolute atomic E-state index is 0.0621. The van der Waals surface area contributed by atoms with Crippen LogP contribution in [-0.4, -0.2) is 22.8 Å². The first-order chi connectivity index (χ1) is 17.0. The third kappa shape index (κ3) is 6.04. The Hall–Kier alpha value is -3.84. The van der Waals surface area contributed by atoms with E-state index in [1.165, 1.54) is 25.3 Å². The standard InChI is InChI=1S/C29H29F3N2O2/c1-6-10-22(28(3,4)35)19-34(20(2)24-11-7-8-13-26(24)29(30,31)32)23-16-14-21(15-17-23)25-12-9-18-33-27(25)36-5/h6-9,11-19,35H,1-2,10H2,3-5H3/b22-19+. The topological polar surface area (TPSA) is 45.6 Å². The Morgan fingerprint density at radius 2 is 1.72 bits per heavy atom. The van der Waals surface area contributed by atoms with Crippen LogP contribution in [0.3, 0.4) is 0 Å². The average molecular weight is 495 g/mol. The number of methoxy groups -OCH3 is 1. The van der Waals surface area contributed by atoms with E-state index in [0.717, 1.165) is 17.2 Å². The van der Waals surface area contributed by atoms with Gasteiger partial charge in [0.1, 0.15) is 0 Å². The fraction of sp³-hybridized carbons (Fsp3) is 0.207. The highest BCUT2D eigenvalue weighted by molar-refractivity contribution is 5.83. The lowest BCUT2D eigenvalue weighted by molar-refractivity contribution is -0.137. The van der Waals surface area contributed by atoms with Gasteiger partial charge in [-0.25, -0.2) is 4.98 Å². The van der Waals surface area contributed by atoms with Gasteiger partial charge in [-0.1, -0.05) is 43.0 Å². The van der Waals surface area contributed by atoms with Gasteiger partial charge in [-0.2, -0.15) is 13.2 Å². The van der Waals surface area contributed by atoms with Crippen molar-refractivity contribution in [1.82, 2.24) is 4.98 Å². The maximum atomic E-state index is 13.8. The van der Waals surface area contributed by atoms with E-state index in [9.17, 15) is 18.3 Å². The van der Waals surface area contributed by atoms with Gasteiger partial charge in [0.15, 0.2) is 0 Å². The molecule has 0 amide bonds. The molecule has 0 atom stereocenters. The van der Waals surface area contributed by atoms with E-state index >= 15 is 0 Å². The summed E-state index contributed by atoms with van der Waals surface area (Å²) in [6, 6.07) is 16.2. The van der Waals surface area contributed by atoms with Crippen molar-refractivity contribution in [2.45, 2.75) is 32.0 Å². The van der Waals surface area contributed by atoms with E-state index in [4.69, 9.17) is 4.74 Å². The van der Waals surface area contributed by atoms with Crippen LogP contribution in [0.2, 0.25) is 0 Å². The molecule has 1 N–H and O–H groups in total. The summed E-state index contributed by atoms with van der Waals surface area (Å²) in [7, 11) is 1.53. The van der Waals surface area contributed by atoms with Crippen molar-refractivity contribution < 1.29 is 23.0 Å². The van der Waals surface area contributed by atoms with Gasteiger partial charge < -0.3 is 14.7 Å². The Bertz CT molecular complexity index is 1260. The Kier molecular flexibility index (Phi) is 8.05. The average Bonchev–Trinajstić information content (AvgIpc) is 2.85. The zero-order chi connectivity index (χ0) is 26.5. The van der Waals surface area contributed by atoms with E-state index in [-0.39, 0.29) is 11.3 Å². The van der Waals surface area contributed by atoms with Gasteiger partial charge in [-0.3, -0.25) is 0 Å². The van der Waals surface area contributed by atoms with Crippen LogP contribution in [0.15, 0.2) is 97.9 Å². The molecule has 1 heterocycles. The first-order valence-corrected chi connectivity index (χ1v) is 11.3. The largest absolute Gasteiger partial charge is 0.481 e. The highest BCUT2D eigenvalue weighted by Gasteiger charge is 2.34. The fourth-order valence-corrected chi connectivity index (χ4v) is 3.77. The predicted molar refractivity (Wildman–Crippen MR) is 138 cm³/mol. The molecule has 36 heavy (non-hydrogen) atoms. The van der Waals surface area contributed by atoms with Gasteiger partial charge >= 0.3 is 6.18 Å². The molecular formula is C29H29F3N2O2. The number of allylic oxidation sites excluding steroid dienone is 1. The molecule has 0 aliphatic rings. The number of alkyl halides is 3. The third-order valence-electron chi connectivity index (χ3n) is 5.69. The van der Waals surface area contributed by atoms with Crippen LogP contribution in [0.1, 0.15) is 31.4 Å². The van der Waals surface area contributed by atoms with E-state index < -0.39 is 17.3 Å². The summed E-state index contributed by atoms with van der Waals surface area (Å²) in [6.07, 6.45) is 0.654. The molecule has 0 fully saturated rings. The van der Waals surface area contributed by atoms with E-state index in [2.05, 4.69) is 18.1 Å². The number of halogens is 3. The number of aliphatic hydroxyl groups is 1. The molecule has 3 rings (SSSR count). The van der Waals surface area contributed by atoms with Crippen molar-refractivity contribution >= 4 is 11.4 Å². The summed E-state index contributed by atoms with van der Waals surface area (Å²) in [5.74, 6) is 0.459. The Balaban J connectivity index is 2.16. The SMILES string of the molecule is C=CC/C(=C\N(C(=C)c1ccccc1C(F)(F)F)c1ccc(-c2cccnc2OC)cc1)C(C)(C)O. The predicted octanol–water partition coefficient (Wildman–Crippen LogP) is 7.48. The molecule has 0 bridgehead atoms. The molecule has 4 nitrogen and oxygen atoms in total. The summed E-state index contributed by atoms with van der Waals surface area (Å²) in [4.78, 5) is 5.78. The number of hydrogen-bond donors (Lipinski definition) is 1. The first-order valence-electron chi connectivity index (χ1n) is 11.3. The molecule has 1 aromatic heterocycles. The maximum absolute atomic E-state index is 13.8. The van der Waals surface area contributed by atoms with Crippen molar-refractivity contribution in [2.75, 3.05) is 12.0 Å². The lowest BCUT2D eigenvalue weighted by Crippen LogP contribution is -2.26. The molecule has 3 aromatic rings. The fourth-order valence-electron chi connectivity index (χ4n) is 3.77. The van der Waals surface area contributed by atoms with Gasteiger partial charge in [0, 0.05) is 34.9 Å². The molecule has 7 heteroatoms. The minimum atomic E-state index is -4.56. The third-order valence-corrected chi connectivity index (χ3v) is 5.69. The Morgan fingerprint density at radius 1 is 1.06 bits per heavy atom. The quantitative estimate of drug-likeness (QED) is 0.313. The summed E-state index contributed by atoms with van der Waals surface area (Å²) in [6.45, 7) is 11.0. The Labute approximate surface area is 209 Å². The minimum Gasteiger partial charge on any atom is -0.481 e. The molecule has 0 spiro atoms. The number of pyridine rings is 1. The van der Waals surface area contributed by atoms with Crippen molar-refractivity contribution in [2.24, 2.45) is 0 Å². The van der Waals surface area contributed by atoms with Crippen LogP contribution in [-0.2, 0) is 6.18 Å². The normalized spacial score (nSPS) is 12.2. The maximum Gasteiger partial charge on any atom is 0.417 e. The van der Waals surface area contributed by atoms with Crippen LogP contribution < -0.4 is 9.64 Å². The zero-order valence-electron chi connectivity index (χ0n) is 20.5. The second-order valence-electron chi connectivity index (χ2n) is 8.67. The summed E-state index contributed by atoms with van der Waals surface area (Å²) < 4.78 is 46.8. The van der Waals surface area contributed by atoms with Crippen LogP contribution in [0.25, 0.3) is 16.8 Å². The molecule has 0 saturated carbocycles. The van der Waals surface area contributed by atoms with Crippen molar-refractivity contribution in [3.63, 3.8) is 0 Å². The number of benzene rings is 2. The molecule has 0 aliphatic carbocycles. The highest BCUT2D eigenvalue weighted by Crippen LogP contribution is 2.38. The van der Waals surface area contributed by atoms with Crippen LogP contribution in [0.4, 0.5) is 18.9 Å². The van der Waals surface area contributed by atoms with Gasteiger partial charge in [0.2, 0.25) is 5.88 Å².